The minimum atomic E-state index is -0.464. The molecule has 0 atom stereocenters. The number of pyridine rings is 1. The number of carbonyl (C=O) groups is 1. The number of imidazole rings is 1. The van der Waals surface area contributed by atoms with Crippen molar-refractivity contribution in [1.82, 2.24) is 28.6 Å². The molecule has 0 saturated carbocycles. The number of benzene rings is 1. The van der Waals surface area contributed by atoms with Crippen LogP contribution < -0.4 is 16.0 Å². The van der Waals surface area contributed by atoms with E-state index >= 15 is 0 Å². The molecule has 5 rings (SSSR count). The van der Waals surface area contributed by atoms with E-state index in [1.54, 1.807) is 18.1 Å². The number of para-hydroxylation sites is 1. The lowest BCUT2D eigenvalue weighted by Crippen LogP contribution is -2.43. The lowest BCUT2D eigenvalue weighted by atomic mass is 10.1. The molecule has 4 heterocycles. The predicted octanol–water partition coefficient (Wildman–Crippen LogP) is 1.05. The number of hydrogen-bond donors (Lipinski definition) is 0. The lowest BCUT2D eigenvalue weighted by Gasteiger charge is -2.32. The molecule has 1 fully saturated rings. The largest absolute Gasteiger partial charge is 0.488 e. The summed E-state index contributed by atoms with van der Waals surface area (Å²) in [5.74, 6) is 0.653. The molecule has 0 N–H and O–H groups in total. The Morgan fingerprint density at radius 1 is 1.06 bits per heavy atom. The van der Waals surface area contributed by atoms with E-state index in [-0.39, 0.29) is 29.7 Å². The van der Waals surface area contributed by atoms with E-state index in [9.17, 15) is 14.4 Å². The number of hydrogen-bond acceptors (Lipinski definition) is 6. The van der Waals surface area contributed by atoms with E-state index in [1.165, 1.54) is 22.5 Å². The highest BCUT2D eigenvalue weighted by Gasteiger charge is 2.25. The normalized spacial score (nSPS) is 14.8. The van der Waals surface area contributed by atoms with Gasteiger partial charge in [-0.05, 0) is 12.1 Å². The van der Waals surface area contributed by atoms with Crippen molar-refractivity contribution in [3.8, 4) is 5.75 Å². The first kappa shape index (κ1) is 20.9. The van der Waals surface area contributed by atoms with Gasteiger partial charge in [-0.3, -0.25) is 23.7 Å². The molecule has 0 aliphatic carbocycles. The van der Waals surface area contributed by atoms with Crippen LogP contribution in [0.2, 0.25) is 0 Å². The minimum Gasteiger partial charge on any atom is -0.488 e. The zero-order valence-electron chi connectivity index (χ0n) is 18.5. The summed E-state index contributed by atoms with van der Waals surface area (Å²) in [4.78, 5) is 48.0. The van der Waals surface area contributed by atoms with Crippen molar-refractivity contribution in [3.05, 3.63) is 63.7 Å². The van der Waals surface area contributed by atoms with Crippen molar-refractivity contribution < 1.29 is 9.53 Å². The van der Waals surface area contributed by atoms with Crippen molar-refractivity contribution >= 4 is 28.0 Å². The standard InChI is InChI=1S/C23H24N6O4/c1-26-21-20(22(31)27(2)23(26)32)29(14-25-21)13-18(30)28-11-8-16(9-12-28)33-17-7-3-5-15-6-4-10-24-19(15)17/h3-7,10,14,16H,8-9,11-13H2,1-2H3. The maximum absolute atomic E-state index is 12.9. The summed E-state index contributed by atoms with van der Waals surface area (Å²) in [7, 11) is 2.97. The third-order valence-electron chi connectivity index (χ3n) is 6.21. The van der Waals surface area contributed by atoms with Crippen LogP contribution in [0.5, 0.6) is 5.75 Å². The van der Waals surface area contributed by atoms with E-state index in [1.807, 2.05) is 30.3 Å². The molecule has 0 radical (unpaired) electrons. The van der Waals surface area contributed by atoms with Crippen molar-refractivity contribution in [3.63, 3.8) is 0 Å². The second-order valence-electron chi connectivity index (χ2n) is 8.28. The number of ether oxygens (including phenoxy) is 1. The van der Waals surface area contributed by atoms with Gasteiger partial charge in [0.05, 0.1) is 6.33 Å². The highest BCUT2D eigenvalue weighted by atomic mass is 16.5. The Balaban J connectivity index is 1.27. The van der Waals surface area contributed by atoms with Gasteiger partial charge in [0, 0.05) is 51.6 Å². The van der Waals surface area contributed by atoms with Crippen molar-refractivity contribution in [2.45, 2.75) is 25.5 Å². The van der Waals surface area contributed by atoms with Crippen LogP contribution in [0, 0.1) is 0 Å². The quantitative estimate of drug-likeness (QED) is 0.462. The lowest BCUT2D eigenvalue weighted by molar-refractivity contribution is -0.133. The molecule has 170 valence electrons. The Hall–Kier alpha value is -3.95. The summed E-state index contributed by atoms with van der Waals surface area (Å²) in [5, 5.41) is 1.03. The van der Waals surface area contributed by atoms with Crippen LogP contribution in [0.15, 0.2) is 52.4 Å². The topological polar surface area (TPSA) is 104 Å². The molecular weight excluding hydrogens is 424 g/mol. The predicted molar refractivity (Wildman–Crippen MR) is 122 cm³/mol. The number of fused-ring (bicyclic) bond motifs is 2. The monoisotopic (exact) mass is 448 g/mol. The molecule has 0 unspecified atom stereocenters. The van der Waals surface area contributed by atoms with E-state index in [2.05, 4.69) is 9.97 Å². The number of aryl methyl sites for hydroxylation is 1. The van der Waals surface area contributed by atoms with Gasteiger partial charge in [-0.15, -0.1) is 0 Å². The zero-order valence-corrected chi connectivity index (χ0v) is 18.5. The van der Waals surface area contributed by atoms with Crippen LogP contribution >= 0.6 is 0 Å². The number of carbonyl (C=O) groups excluding carboxylic acids is 1. The summed E-state index contributed by atoms with van der Waals surface area (Å²) in [6, 6.07) is 9.77. The number of amides is 1. The molecule has 1 aromatic carbocycles. The maximum atomic E-state index is 12.9. The van der Waals surface area contributed by atoms with Gasteiger partial charge >= 0.3 is 5.69 Å². The van der Waals surface area contributed by atoms with E-state index in [4.69, 9.17) is 4.74 Å². The van der Waals surface area contributed by atoms with Crippen molar-refractivity contribution in [2.24, 2.45) is 14.1 Å². The van der Waals surface area contributed by atoms with E-state index in [0.29, 0.717) is 25.9 Å². The van der Waals surface area contributed by atoms with E-state index < -0.39 is 11.2 Å². The maximum Gasteiger partial charge on any atom is 0.332 e. The van der Waals surface area contributed by atoms with Crippen LogP contribution in [0.4, 0.5) is 0 Å². The second kappa shape index (κ2) is 8.19. The molecule has 1 amide bonds. The Morgan fingerprint density at radius 3 is 2.61 bits per heavy atom. The Morgan fingerprint density at radius 2 is 1.82 bits per heavy atom. The third kappa shape index (κ3) is 3.67. The third-order valence-corrected chi connectivity index (χ3v) is 6.21. The first-order chi connectivity index (χ1) is 15.9. The number of piperidine rings is 1. The fourth-order valence-corrected chi connectivity index (χ4v) is 4.34. The molecule has 33 heavy (non-hydrogen) atoms. The molecule has 0 bridgehead atoms. The molecule has 4 aromatic rings. The van der Waals surface area contributed by atoms with Gasteiger partial charge in [0.25, 0.3) is 5.56 Å². The fraction of sp³-hybridized carbons (Fsp3) is 0.348. The Kier molecular flexibility index (Phi) is 5.20. The number of nitrogens with zero attached hydrogens (tertiary/aromatic N) is 6. The van der Waals surface area contributed by atoms with Gasteiger partial charge in [-0.2, -0.15) is 0 Å². The van der Waals surface area contributed by atoms with Gasteiger partial charge in [0.1, 0.15) is 23.9 Å². The molecule has 10 heteroatoms. The first-order valence-corrected chi connectivity index (χ1v) is 10.8. The molecule has 1 aliphatic heterocycles. The zero-order chi connectivity index (χ0) is 23.1. The molecular formula is C23H24N6O4. The molecule has 1 aliphatic rings. The molecule has 0 spiro atoms. The van der Waals surface area contributed by atoms with Crippen molar-refractivity contribution in [1.29, 1.82) is 0 Å². The fourth-order valence-electron chi connectivity index (χ4n) is 4.34. The number of aromatic nitrogens is 5. The van der Waals surface area contributed by atoms with Gasteiger partial charge in [-0.1, -0.05) is 18.2 Å². The van der Waals surface area contributed by atoms with Crippen LogP contribution in [0.3, 0.4) is 0 Å². The highest BCUT2D eigenvalue weighted by Crippen LogP contribution is 2.26. The summed E-state index contributed by atoms with van der Waals surface area (Å²) < 4.78 is 10.1. The minimum absolute atomic E-state index is 0.00227. The average Bonchev–Trinajstić information content (AvgIpc) is 3.25. The van der Waals surface area contributed by atoms with Gasteiger partial charge in [-0.25, -0.2) is 9.78 Å². The summed E-state index contributed by atoms with van der Waals surface area (Å²) >= 11 is 0. The number of likely N-dealkylation sites (tertiary alicyclic amines) is 1. The van der Waals surface area contributed by atoms with Crippen LogP contribution in [0.25, 0.3) is 22.1 Å². The summed E-state index contributed by atoms with van der Waals surface area (Å²) in [6.07, 6.45) is 4.60. The summed E-state index contributed by atoms with van der Waals surface area (Å²) in [6.45, 7) is 1.11. The van der Waals surface area contributed by atoms with Gasteiger partial charge in [0.2, 0.25) is 5.91 Å². The van der Waals surface area contributed by atoms with E-state index in [0.717, 1.165) is 21.2 Å². The first-order valence-electron chi connectivity index (χ1n) is 10.8. The van der Waals surface area contributed by atoms with Crippen LogP contribution in [-0.4, -0.2) is 53.7 Å². The number of rotatable bonds is 4. The van der Waals surface area contributed by atoms with Gasteiger partial charge < -0.3 is 14.2 Å². The van der Waals surface area contributed by atoms with Crippen LogP contribution in [-0.2, 0) is 25.4 Å². The molecule has 10 nitrogen and oxygen atoms in total. The second-order valence-corrected chi connectivity index (χ2v) is 8.28. The molecule has 3 aromatic heterocycles. The van der Waals surface area contributed by atoms with Crippen LogP contribution in [0.1, 0.15) is 12.8 Å². The highest BCUT2D eigenvalue weighted by molar-refractivity contribution is 5.84. The average molecular weight is 448 g/mol. The SMILES string of the molecule is Cn1c(=O)c2c(ncn2CC(=O)N2CCC(Oc3cccc4cccnc34)CC2)n(C)c1=O. The Bertz CT molecular complexity index is 1470. The summed E-state index contributed by atoms with van der Waals surface area (Å²) in [5.41, 5.74) is 0.435. The smallest absolute Gasteiger partial charge is 0.332 e. The Labute approximate surface area is 188 Å². The molecule has 1 saturated heterocycles. The van der Waals surface area contributed by atoms with Gasteiger partial charge in [0.15, 0.2) is 11.2 Å². The van der Waals surface area contributed by atoms with Crippen molar-refractivity contribution in [2.75, 3.05) is 13.1 Å².